The van der Waals surface area contributed by atoms with Crippen molar-refractivity contribution >= 4 is 28.8 Å². The molecule has 0 aliphatic rings. The molecule has 0 bridgehead atoms. The van der Waals surface area contributed by atoms with E-state index in [2.05, 4.69) is 10.6 Å². The van der Waals surface area contributed by atoms with Gasteiger partial charge >= 0.3 is 0 Å². The van der Waals surface area contributed by atoms with Crippen LogP contribution in [0.2, 0.25) is 0 Å². The van der Waals surface area contributed by atoms with Crippen molar-refractivity contribution in [2.45, 2.75) is 6.54 Å². The van der Waals surface area contributed by atoms with Crippen molar-refractivity contribution in [3.63, 3.8) is 0 Å². The third kappa shape index (κ3) is 5.39. The SMILES string of the molecule is O=C(Nc1ccccc1Oc1cccc(F)c1)c1ccc(CNC(=O)c2cccs2)cc1. The lowest BCUT2D eigenvalue weighted by Crippen LogP contribution is -2.21. The predicted octanol–water partition coefficient (Wildman–Crippen LogP) is 5.86. The summed E-state index contributed by atoms with van der Waals surface area (Å²) in [6.45, 7) is 0.364. The van der Waals surface area contributed by atoms with Crippen LogP contribution in [0.3, 0.4) is 0 Å². The number of carbonyl (C=O) groups is 2. The van der Waals surface area contributed by atoms with E-state index in [9.17, 15) is 14.0 Å². The molecule has 2 amide bonds. The Morgan fingerprint density at radius 2 is 1.69 bits per heavy atom. The average Bonchev–Trinajstić information content (AvgIpc) is 3.34. The van der Waals surface area contributed by atoms with E-state index in [1.807, 2.05) is 11.4 Å². The van der Waals surface area contributed by atoms with Crippen LogP contribution in [0, 0.1) is 5.82 Å². The molecule has 0 fully saturated rings. The fourth-order valence-corrected chi connectivity index (χ4v) is 3.60. The Morgan fingerprint density at radius 1 is 0.875 bits per heavy atom. The molecule has 160 valence electrons. The molecule has 0 spiro atoms. The summed E-state index contributed by atoms with van der Waals surface area (Å²) >= 11 is 1.38. The van der Waals surface area contributed by atoms with E-state index in [4.69, 9.17) is 4.74 Å². The Hall–Kier alpha value is -3.97. The van der Waals surface area contributed by atoms with Crippen LogP contribution in [-0.2, 0) is 6.54 Å². The number of amides is 2. The largest absolute Gasteiger partial charge is 0.455 e. The van der Waals surface area contributed by atoms with Crippen molar-refractivity contribution < 1.29 is 18.7 Å². The monoisotopic (exact) mass is 446 g/mol. The Balaban J connectivity index is 1.39. The fourth-order valence-electron chi connectivity index (χ4n) is 2.96. The Bertz CT molecular complexity index is 1220. The van der Waals surface area contributed by atoms with E-state index in [0.29, 0.717) is 34.2 Å². The third-order valence-electron chi connectivity index (χ3n) is 4.57. The van der Waals surface area contributed by atoms with Gasteiger partial charge in [0.1, 0.15) is 11.6 Å². The number of para-hydroxylation sites is 2. The van der Waals surface area contributed by atoms with Crippen molar-refractivity contribution in [1.29, 1.82) is 0 Å². The quantitative estimate of drug-likeness (QED) is 0.374. The van der Waals surface area contributed by atoms with Crippen LogP contribution in [0.4, 0.5) is 10.1 Å². The first kappa shape index (κ1) is 21.3. The molecule has 0 aliphatic heterocycles. The number of carbonyl (C=O) groups excluding carboxylic acids is 2. The van der Waals surface area contributed by atoms with Gasteiger partial charge in [0, 0.05) is 18.2 Å². The number of halogens is 1. The van der Waals surface area contributed by atoms with E-state index in [-0.39, 0.29) is 11.8 Å². The second-order valence-corrected chi connectivity index (χ2v) is 7.81. The van der Waals surface area contributed by atoms with Crippen LogP contribution >= 0.6 is 11.3 Å². The zero-order chi connectivity index (χ0) is 22.3. The maximum absolute atomic E-state index is 13.4. The van der Waals surface area contributed by atoms with Crippen LogP contribution in [0.15, 0.2) is 90.3 Å². The summed E-state index contributed by atoms with van der Waals surface area (Å²) in [5, 5.41) is 7.53. The minimum atomic E-state index is -0.407. The third-order valence-corrected chi connectivity index (χ3v) is 5.44. The standard InChI is InChI=1S/C25H19FN2O3S/c26-19-5-3-6-20(15-19)31-22-8-2-1-7-21(22)28-24(29)18-12-10-17(11-13-18)16-27-25(30)23-9-4-14-32-23/h1-15H,16H2,(H,27,30)(H,28,29). The number of anilines is 1. The van der Waals surface area contributed by atoms with Crippen molar-refractivity contribution in [1.82, 2.24) is 5.32 Å². The summed E-state index contributed by atoms with van der Waals surface area (Å²) in [6, 6.07) is 23.3. The lowest BCUT2D eigenvalue weighted by Gasteiger charge is -2.12. The van der Waals surface area contributed by atoms with Gasteiger partial charge in [-0.15, -0.1) is 11.3 Å². The first-order chi connectivity index (χ1) is 15.6. The number of ether oxygens (including phenoxy) is 1. The summed E-state index contributed by atoms with van der Waals surface area (Å²) in [4.78, 5) is 25.4. The molecule has 32 heavy (non-hydrogen) atoms. The molecular formula is C25H19FN2O3S. The highest BCUT2D eigenvalue weighted by atomic mass is 32.1. The highest BCUT2D eigenvalue weighted by Gasteiger charge is 2.11. The lowest BCUT2D eigenvalue weighted by atomic mass is 10.1. The number of hydrogen-bond acceptors (Lipinski definition) is 4. The van der Waals surface area contributed by atoms with Gasteiger partial charge in [-0.3, -0.25) is 9.59 Å². The molecule has 0 unspecified atom stereocenters. The zero-order valence-electron chi connectivity index (χ0n) is 16.9. The molecule has 1 heterocycles. The smallest absolute Gasteiger partial charge is 0.261 e. The van der Waals surface area contributed by atoms with Crippen LogP contribution in [0.1, 0.15) is 25.6 Å². The summed E-state index contributed by atoms with van der Waals surface area (Å²) < 4.78 is 19.2. The summed E-state index contributed by atoms with van der Waals surface area (Å²) in [7, 11) is 0. The van der Waals surface area contributed by atoms with Crippen molar-refractivity contribution in [3.05, 3.63) is 112 Å². The van der Waals surface area contributed by atoms with Crippen LogP contribution in [-0.4, -0.2) is 11.8 Å². The molecule has 7 heteroatoms. The van der Waals surface area contributed by atoms with Gasteiger partial charge < -0.3 is 15.4 Å². The Morgan fingerprint density at radius 3 is 2.44 bits per heavy atom. The minimum Gasteiger partial charge on any atom is -0.455 e. The summed E-state index contributed by atoms with van der Waals surface area (Å²) in [5.74, 6) is -0.109. The molecule has 4 rings (SSSR count). The van der Waals surface area contributed by atoms with E-state index in [1.54, 1.807) is 66.7 Å². The molecular weight excluding hydrogens is 427 g/mol. The van der Waals surface area contributed by atoms with Gasteiger partial charge in [0.2, 0.25) is 0 Å². The number of nitrogens with one attached hydrogen (secondary N) is 2. The van der Waals surface area contributed by atoms with Gasteiger partial charge in [0.15, 0.2) is 5.75 Å². The average molecular weight is 447 g/mol. The molecule has 0 atom stereocenters. The number of thiophene rings is 1. The molecule has 1 aromatic heterocycles. The molecule has 4 aromatic rings. The second-order valence-electron chi connectivity index (χ2n) is 6.87. The second kappa shape index (κ2) is 9.89. The van der Waals surface area contributed by atoms with E-state index >= 15 is 0 Å². The molecule has 0 saturated heterocycles. The molecule has 2 N–H and O–H groups in total. The minimum absolute atomic E-state index is 0.128. The first-order valence-electron chi connectivity index (χ1n) is 9.83. The number of rotatable bonds is 7. The highest BCUT2D eigenvalue weighted by Crippen LogP contribution is 2.30. The van der Waals surface area contributed by atoms with Gasteiger partial charge in [0.05, 0.1) is 10.6 Å². The maximum atomic E-state index is 13.4. The Kier molecular flexibility index (Phi) is 6.57. The van der Waals surface area contributed by atoms with E-state index < -0.39 is 5.82 Å². The van der Waals surface area contributed by atoms with Crippen LogP contribution in [0.25, 0.3) is 0 Å². The molecule has 0 saturated carbocycles. The lowest BCUT2D eigenvalue weighted by molar-refractivity contribution is 0.0953. The molecule has 5 nitrogen and oxygen atoms in total. The summed E-state index contributed by atoms with van der Waals surface area (Å²) in [6.07, 6.45) is 0. The molecule has 3 aromatic carbocycles. The van der Waals surface area contributed by atoms with Crippen molar-refractivity contribution in [2.75, 3.05) is 5.32 Å². The van der Waals surface area contributed by atoms with Gasteiger partial charge in [-0.05, 0) is 53.4 Å². The maximum Gasteiger partial charge on any atom is 0.261 e. The predicted molar refractivity (Wildman–Crippen MR) is 123 cm³/mol. The van der Waals surface area contributed by atoms with Gasteiger partial charge in [0.25, 0.3) is 11.8 Å². The van der Waals surface area contributed by atoms with Gasteiger partial charge in [-0.1, -0.05) is 36.4 Å². The van der Waals surface area contributed by atoms with Crippen LogP contribution < -0.4 is 15.4 Å². The number of benzene rings is 3. The van der Waals surface area contributed by atoms with Crippen molar-refractivity contribution in [2.24, 2.45) is 0 Å². The fraction of sp³-hybridized carbons (Fsp3) is 0.0400. The molecule has 0 radical (unpaired) electrons. The van der Waals surface area contributed by atoms with E-state index in [1.165, 1.54) is 23.5 Å². The van der Waals surface area contributed by atoms with Gasteiger partial charge in [-0.2, -0.15) is 0 Å². The molecule has 0 aliphatic carbocycles. The normalized spacial score (nSPS) is 10.4. The zero-order valence-corrected chi connectivity index (χ0v) is 17.7. The van der Waals surface area contributed by atoms with Crippen LogP contribution in [0.5, 0.6) is 11.5 Å². The first-order valence-corrected chi connectivity index (χ1v) is 10.7. The topological polar surface area (TPSA) is 67.4 Å². The number of hydrogen-bond donors (Lipinski definition) is 2. The summed E-state index contributed by atoms with van der Waals surface area (Å²) in [5.41, 5.74) is 1.80. The van der Waals surface area contributed by atoms with E-state index in [0.717, 1.165) is 5.56 Å². The van der Waals surface area contributed by atoms with Gasteiger partial charge in [-0.25, -0.2) is 4.39 Å². The Labute approximate surface area is 188 Å². The van der Waals surface area contributed by atoms with Crippen molar-refractivity contribution in [3.8, 4) is 11.5 Å². The highest BCUT2D eigenvalue weighted by molar-refractivity contribution is 7.12.